The van der Waals surface area contributed by atoms with Gasteiger partial charge in [-0.25, -0.2) is 4.79 Å². The summed E-state index contributed by atoms with van der Waals surface area (Å²) in [5, 5.41) is 19.3. The van der Waals surface area contributed by atoms with Crippen molar-refractivity contribution in [3.05, 3.63) is 35.0 Å². The van der Waals surface area contributed by atoms with Crippen molar-refractivity contribution in [3.63, 3.8) is 0 Å². The van der Waals surface area contributed by atoms with Gasteiger partial charge in [-0.3, -0.25) is 0 Å². The number of hydrogen-bond donors (Lipinski definition) is 2. The third-order valence-corrected chi connectivity index (χ3v) is 3.06. The Kier molecular flexibility index (Phi) is 2.90. The van der Waals surface area contributed by atoms with Crippen LogP contribution in [0.1, 0.15) is 21.6 Å². The second kappa shape index (κ2) is 4.22. The molecular formula is C13H15NO3. The van der Waals surface area contributed by atoms with Crippen LogP contribution in [0.3, 0.4) is 0 Å². The van der Waals surface area contributed by atoms with E-state index < -0.39 is 5.97 Å². The van der Waals surface area contributed by atoms with Crippen LogP contribution in [-0.2, 0) is 6.54 Å². The first-order valence-electron chi connectivity index (χ1n) is 5.50. The molecule has 90 valence electrons. The second-order valence-electron chi connectivity index (χ2n) is 4.13. The molecule has 2 N–H and O–H groups in total. The Bertz CT molecular complexity index is 584. The summed E-state index contributed by atoms with van der Waals surface area (Å²) in [4.78, 5) is 11.3. The van der Waals surface area contributed by atoms with Gasteiger partial charge in [0.1, 0.15) is 5.69 Å². The number of fused-ring (bicyclic) bond motifs is 1. The molecule has 0 spiro atoms. The van der Waals surface area contributed by atoms with Gasteiger partial charge in [0.25, 0.3) is 0 Å². The molecule has 0 amide bonds. The smallest absolute Gasteiger partial charge is 0.352 e. The molecule has 4 nitrogen and oxygen atoms in total. The topological polar surface area (TPSA) is 62.5 Å². The van der Waals surface area contributed by atoms with Crippen molar-refractivity contribution in [3.8, 4) is 0 Å². The van der Waals surface area contributed by atoms with E-state index in [0.717, 1.165) is 22.0 Å². The van der Waals surface area contributed by atoms with Gasteiger partial charge in [0, 0.05) is 11.9 Å². The predicted molar refractivity (Wildman–Crippen MR) is 65.5 cm³/mol. The molecule has 0 aliphatic carbocycles. The van der Waals surface area contributed by atoms with Crippen LogP contribution in [0, 0.1) is 13.8 Å². The summed E-state index contributed by atoms with van der Waals surface area (Å²) >= 11 is 0. The molecule has 0 atom stereocenters. The normalized spacial score (nSPS) is 11.0. The first-order valence-corrected chi connectivity index (χ1v) is 5.50. The summed E-state index contributed by atoms with van der Waals surface area (Å²) in [6.45, 7) is 3.98. The van der Waals surface area contributed by atoms with Crippen molar-refractivity contribution in [2.75, 3.05) is 6.61 Å². The molecule has 1 aromatic heterocycles. The van der Waals surface area contributed by atoms with Crippen molar-refractivity contribution in [1.29, 1.82) is 0 Å². The van der Waals surface area contributed by atoms with Crippen LogP contribution in [0.5, 0.6) is 0 Å². The number of aliphatic hydroxyl groups is 1. The van der Waals surface area contributed by atoms with Crippen LogP contribution in [0.15, 0.2) is 18.2 Å². The lowest BCUT2D eigenvalue weighted by Crippen LogP contribution is -2.12. The van der Waals surface area contributed by atoms with Crippen LogP contribution in [0.2, 0.25) is 0 Å². The lowest BCUT2D eigenvalue weighted by molar-refractivity contribution is 0.0683. The number of hydrogen-bond acceptors (Lipinski definition) is 2. The molecule has 0 aliphatic rings. The average molecular weight is 233 g/mol. The van der Waals surface area contributed by atoms with Crippen molar-refractivity contribution < 1.29 is 15.0 Å². The molecule has 1 heterocycles. The van der Waals surface area contributed by atoms with Crippen LogP contribution in [-0.4, -0.2) is 27.4 Å². The van der Waals surface area contributed by atoms with E-state index in [1.165, 1.54) is 0 Å². The van der Waals surface area contributed by atoms with E-state index >= 15 is 0 Å². The molecule has 0 saturated heterocycles. The van der Waals surface area contributed by atoms with E-state index in [1.54, 1.807) is 11.5 Å². The van der Waals surface area contributed by atoms with Crippen molar-refractivity contribution in [2.45, 2.75) is 20.4 Å². The monoisotopic (exact) mass is 233 g/mol. The number of aryl methyl sites for hydroxylation is 2. The summed E-state index contributed by atoms with van der Waals surface area (Å²) in [6.07, 6.45) is 0. The zero-order chi connectivity index (χ0) is 12.6. The van der Waals surface area contributed by atoms with Gasteiger partial charge in [0.05, 0.1) is 12.1 Å². The second-order valence-corrected chi connectivity index (χ2v) is 4.13. The van der Waals surface area contributed by atoms with E-state index in [1.807, 2.05) is 25.1 Å². The fraction of sp³-hybridized carbons (Fsp3) is 0.308. The molecule has 17 heavy (non-hydrogen) atoms. The van der Waals surface area contributed by atoms with Crippen LogP contribution >= 0.6 is 0 Å². The Morgan fingerprint density at radius 2 is 2.06 bits per heavy atom. The molecular weight excluding hydrogens is 218 g/mol. The molecule has 0 saturated carbocycles. The largest absolute Gasteiger partial charge is 0.477 e. The fourth-order valence-electron chi connectivity index (χ4n) is 2.36. The Balaban J connectivity index is 2.88. The maximum Gasteiger partial charge on any atom is 0.352 e. The number of nitrogens with zero attached hydrogens (tertiary/aromatic N) is 1. The highest BCUT2D eigenvalue weighted by molar-refractivity contribution is 5.99. The van der Waals surface area contributed by atoms with E-state index in [4.69, 9.17) is 5.11 Å². The molecule has 0 aliphatic heterocycles. The minimum Gasteiger partial charge on any atom is -0.477 e. The number of para-hydroxylation sites is 1. The van der Waals surface area contributed by atoms with Crippen molar-refractivity contribution >= 4 is 16.9 Å². The quantitative estimate of drug-likeness (QED) is 0.851. The molecule has 0 unspecified atom stereocenters. The van der Waals surface area contributed by atoms with Gasteiger partial charge in [0.2, 0.25) is 0 Å². The number of carboxylic acids is 1. The Labute approximate surface area is 99.1 Å². The van der Waals surface area contributed by atoms with E-state index in [2.05, 4.69) is 0 Å². The van der Waals surface area contributed by atoms with Gasteiger partial charge in [-0.05, 0) is 25.0 Å². The van der Waals surface area contributed by atoms with E-state index in [0.29, 0.717) is 6.54 Å². The number of aromatic carboxylic acids is 1. The summed E-state index contributed by atoms with van der Waals surface area (Å²) in [5.74, 6) is -0.952. The number of benzene rings is 1. The number of rotatable bonds is 3. The molecule has 0 radical (unpaired) electrons. The number of aliphatic hydroxyl groups excluding tert-OH is 1. The van der Waals surface area contributed by atoms with Crippen molar-refractivity contribution in [2.24, 2.45) is 0 Å². The van der Waals surface area contributed by atoms with Gasteiger partial charge < -0.3 is 14.8 Å². The number of carboxylic acid groups (broad SMARTS) is 1. The Morgan fingerprint density at radius 1 is 1.35 bits per heavy atom. The molecule has 2 rings (SSSR count). The van der Waals surface area contributed by atoms with E-state index in [-0.39, 0.29) is 12.3 Å². The Hall–Kier alpha value is -1.81. The standard InChI is InChI=1S/C13H15NO3/c1-8-4-3-5-10-9(2)12(13(16)17)14(6-7-15)11(8)10/h3-5,15H,6-7H2,1-2H3,(H,16,17). The van der Waals surface area contributed by atoms with Crippen LogP contribution in [0.25, 0.3) is 10.9 Å². The summed E-state index contributed by atoms with van der Waals surface area (Å²) in [7, 11) is 0. The Morgan fingerprint density at radius 3 is 2.65 bits per heavy atom. The first-order chi connectivity index (χ1) is 8.07. The highest BCUT2D eigenvalue weighted by Crippen LogP contribution is 2.28. The zero-order valence-electron chi connectivity index (χ0n) is 9.90. The summed E-state index contributed by atoms with van der Waals surface area (Å²) in [5.41, 5.74) is 2.94. The fourth-order valence-corrected chi connectivity index (χ4v) is 2.36. The molecule has 0 fully saturated rings. The van der Waals surface area contributed by atoms with Crippen molar-refractivity contribution in [1.82, 2.24) is 4.57 Å². The van der Waals surface area contributed by atoms with Gasteiger partial charge in [-0.1, -0.05) is 18.2 Å². The van der Waals surface area contributed by atoms with Crippen LogP contribution < -0.4 is 0 Å². The lowest BCUT2D eigenvalue weighted by atomic mass is 10.1. The minimum absolute atomic E-state index is 0.0716. The minimum atomic E-state index is -0.952. The van der Waals surface area contributed by atoms with E-state index in [9.17, 15) is 9.90 Å². The summed E-state index contributed by atoms with van der Waals surface area (Å²) < 4.78 is 1.68. The first kappa shape index (κ1) is 11.7. The number of carbonyl (C=O) groups is 1. The summed E-state index contributed by atoms with van der Waals surface area (Å²) in [6, 6.07) is 5.78. The van der Waals surface area contributed by atoms with Gasteiger partial charge >= 0.3 is 5.97 Å². The molecule has 4 heteroatoms. The molecule has 1 aromatic carbocycles. The highest BCUT2D eigenvalue weighted by Gasteiger charge is 2.19. The average Bonchev–Trinajstić information content (AvgIpc) is 2.54. The molecule has 2 aromatic rings. The zero-order valence-corrected chi connectivity index (χ0v) is 9.90. The highest BCUT2D eigenvalue weighted by atomic mass is 16.4. The van der Waals surface area contributed by atoms with Gasteiger partial charge in [0.15, 0.2) is 0 Å². The third-order valence-electron chi connectivity index (χ3n) is 3.06. The predicted octanol–water partition coefficient (Wildman–Crippen LogP) is 1.95. The maximum atomic E-state index is 11.3. The lowest BCUT2D eigenvalue weighted by Gasteiger charge is -2.07. The van der Waals surface area contributed by atoms with Gasteiger partial charge in [-0.15, -0.1) is 0 Å². The molecule has 0 bridgehead atoms. The maximum absolute atomic E-state index is 11.3. The van der Waals surface area contributed by atoms with Crippen LogP contribution in [0.4, 0.5) is 0 Å². The van der Waals surface area contributed by atoms with Gasteiger partial charge in [-0.2, -0.15) is 0 Å². The number of aromatic nitrogens is 1. The SMILES string of the molecule is Cc1c(C(=O)O)n(CCO)c2c(C)cccc12. The third kappa shape index (κ3) is 1.70.